The number of aliphatic imine (C=N–C) groups is 1. The Morgan fingerprint density at radius 1 is 1.23 bits per heavy atom. The van der Waals surface area contributed by atoms with Crippen molar-refractivity contribution < 1.29 is 8.42 Å². The third-order valence-corrected chi connectivity index (χ3v) is 5.91. The molecule has 2 N–H and O–H groups in total. The van der Waals surface area contributed by atoms with Gasteiger partial charge in [-0.1, -0.05) is 24.3 Å². The van der Waals surface area contributed by atoms with Crippen molar-refractivity contribution in [1.29, 1.82) is 0 Å². The van der Waals surface area contributed by atoms with Crippen molar-refractivity contribution in [3.05, 3.63) is 47.0 Å². The van der Waals surface area contributed by atoms with Crippen LogP contribution >= 0.6 is 11.3 Å². The number of guanidine groups is 1. The van der Waals surface area contributed by atoms with Gasteiger partial charge in [-0.15, -0.1) is 11.3 Å². The lowest BCUT2D eigenvalue weighted by Crippen LogP contribution is -2.51. The van der Waals surface area contributed by atoms with Gasteiger partial charge in [0.05, 0.1) is 12.3 Å². The summed E-state index contributed by atoms with van der Waals surface area (Å²) in [5.74, 6) is 0.517. The summed E-state index contributed by atoms with van der Waals surface area (Å²) in [7, 11) is -3.09. The summed E-state index contributed by atoms with van der Waals surface area (Å²) in [6.45, 7) is 3.67. The summed E-state index contributed by atoms with van der Waals surface area (Å²) in [6.07, 6.45) is 3.06. The Kier molecular flexibility index (Phi) is 5.77. The number of anilines is 1. The number of rotatable bonds is 5. The zero-order valence-electron chi connectivity index (χ0n) is 14.7. The molecule has 0 unspecified atom stereocenters. The van der Waals surface area contributed by atoms with Crippen molar-refractivity contribution >= 4 is 32.3 Å². The quantitative estimate of drug-likeness (QED) is 0.609. The molecule has 26 heavy (non-hydrogen) atoms. The highest BCUT2D eigenvalue weighted by atomic mass is 32.2. The van der Waals surface area contributed by atoms with Gasteiger partial charge in [0, 0.05) is 44.0 Å². The number of nitrogens with zero attached hydrogens (tertiary/aromatic N) is 4. The predicted octanol–water partition coefficient (Wildman–Crippen LogP) is 1.32. The minimum Gasteiger partial charge on any atom is -0.370 e. The number of piperazine rings is 1. The van der Waals surface area contributed by atoms with E-state index in [0.717, 1.165) is 42.4 Å². The molecular formula is C17H23N5O2S2. The molecule has 2 aromatic rings. The van der Waals surface area contributed by atoms with Crippen molar-refractivity contribution in [2.75, 3.05) is 37.3 Å². The predicted molar refractivity (Wildman–Crippen MR) is 106 cm³/mol. The molecule has 1 aliphatic heterocycles. The number of aromatic nitrogens is 1. The third kappa shape index (κ3) is 4.95. The number of benzene rings is 1. The monoisotopic (exact) mass is 393 g/mol. The molecule has 1 aromatic heterocycles. The van der Waals surface area contributed by atoms with E-state index < -0.39 is 9.84 Å². The molecule has 1 saturated heterocycles. The smallest absolute Gasteiger partial charge is 0.191 e. The van der Waals surface area contributed by atoms with E-state index in [4.69, 9.17) is 5.73 Å². The van der Waals surface area contributed by atoms with Gasteiger partial charge in [0.15, 0.2) is 20.9 Å². The van der Waals surface area contributed by atoms with Crippen molar-refractivity contribution in [2.24, 2.45) is 10.7 Å². The summed E-state index contributed by atoms with van der Waals surface area (Å²) in [5.41, 5.74) is 7.83. The minimum atomic E-state index is -3.09. The molecule has 9 heteroatoms. The summed E-state index contributed by atoms with van der Waals surface area (Å²) >= 11 is 1.64. The van der Waals surface area contributed by atoms with E-state index in [1.54, 1.807) is 11.3 Å². The maximum absolute atomic E-state index is 11.6. The number of hydrogen-bond acceptors (Lipinski definition) is 6. The third-order valence-electron chi connectivity index (χ3n) is 4.24. The van der Waals surface area contributed by atoms with Gasteiger partial charge in [0.2, 0.25) is 0 Å². The first-order chi connectivity index (χ1) is 12.4. The standard InChI is InChI=1S/C17H23N5O2S2/c1-26(23,24)13-15-5-3-2-4-14(15)12-20-16(18)21-7-9-22(10-8-21)17-19-6-11-25-17/h2-6,11H,7-10,12-13H2,1H3,(H2,18,20). The molecule has 3 rings (SSSR count). The average Bonchev–Trinajstić information content (AvgIpc) is 3.14. The first-order valence-corrected chi connectivity index (χ1v) is 11.3. The van der Waals surface area contributed by atoms with Crippen molar-refractivity contribution in [3.63, 3.8) is 0 Å². The molecule has 0 bridgehead atoms. The molecular weight excluding hydrogens is 370 g/mol. The fourth-order valence-corrected chi connectivity index (χ4v) is 4.44. The van der Waals surface area contributed by atoms with Crippen LogP contribution in [0.4, 0.5) is 5.13 Å². The van der Waals surface area contributed by atoms with Crippen LogP contribution < -0.4 is 10.6 Å². The van der Waals surface area contributed by atoms with E-state index in [9.17, 15) is 8.42 Å². The van der Waals surface area contributed by atoms with Crippen LogP contribution in [-0.2, 0) is 22.1 Å². The van der Waals surface area contributed by atoms with Crippen LogP contribution in [-0.4, -0.2) is 56.7 Å². The van der Waals surface area contributed by atoms with E-state index in [1.807, 2.05) is 35.8 Å². The molecule has 1 aromatic carbocycles. The number of thiazole rings is 1. The largest absolute Gasteiger partial charge is 0.370 e. The van der Waals surface area contributed by atoms with Crippen LogP contribution in [0.1, 0.15) is 11.1 Å². The highest BCUT2D eigenvalue weighted by Gasteiger charge is 2.19. The number of sulfone groups is 1. The molecule has 0 aliphatic carbocycles. The second kappa shape index (κ2) is 8.05. The second-order valence-electron chi connectivity index (χ2n) is 6.30. The van der Waals surface area contributed by atoms with Crippen molar-refractivity contribution in [2.45, 2.75) is 12.3 Å². The summed E-state index contributed by atoms with van der Waals surface area (Å²) in [5, 5.41) is 3.01. The molecule has 1 fully saturated rings. The van der Waals surface area contributed by atoms with Crippen LogP contribution in [0.3, 0.4) is 0 Å². The lowest BCUT2D eigenvalue weighted by molar-refractivity contribution is 0.380. The highest BCUT2D eigenvalue weighted by molar-refractivity contribution is 7.89. The Bertz CT molecular complexity index is 857. The Hall–Kier alpha value is -2.13. The van der Waals surface area contributed by atoms with Crippen LogP contribution in [0.25, 0.3) is 0 Å². The Morgan fingerprint density at radius 2 is 1.92 bits per heavy atom. The zero-order valence-corrected chi connectivity index (χ0v) is 16.3. The van der Waals surface area contributed by atoms with Gasteiger partial charge < -0.3 is 15.5 Å². The lowest BCUT2D eigenvalue weighted by Gasteiger charge is -2.35. The fourth-order valence-electron chi connectivity index (χ4n) is 2.90. The van der Waals surface area contributed by atoms with E-state index >= 15 is 0 Å². The molecule has 0 spiro atoms. The topological polar surface area (TPSA) is 91.9 Å². The molecule has 0 amide bonds. The van der Waals surface area contributed by atoms with Crippen LogP contribution in [0.2, 0.25) is 0 Å². The summed E-state index contributed by atoms with van der Waals surface area (Å²) < 4.78 is 23.2. The fraction of sp³-hybridized carbons (Fsp3) is 0.412. The van der Waals surface area contributed by atoms with Crippen LogP contribution in [0, 0.1) is 0 Å². The zero-order chi connectivity index (χ0) is 18.6. The Balaban J connectivity index is 1.61. The normalized spacial score (nSPS) is 16.1. The van der Waals surface area contributed by atoms with E-state index in [2.05, 4.69) is 19.8 Å². The van der Waals surface area contributed by atoms with Gasteiger partial charge in [0.1, 0.15) is 0 Å². The van der Waals surface area contributed by atoms with Gasteiger partial charge in [0.25, 0.3) is 0 Å². The average molecular weight is 394 g/mol. The maximum Gasteiger partial charge on any atom is 0.191 e. The molecule has 1 aliphatic rings. The number of hydrogen-bond donors (Lipinski definition) is 1. The molecule has 0 saturated carbocycles. The van der Waals surface area contributed by atoms with Gasteiger partial charge in [-0.3, -0.25) is 0 Å². The maximum atomic E-state index is 11.6. The lowest BCUT2D eigenvalue weighted by atomic mass is 10.1. The molecule has 2 heterocycles. The van der Waals surface area contributed by atoms with Crippen molar-refractivity contribution in [3.8, 4) is 0 Å². The second-order valence-corrected chi connectivity index (χ2v) is 9.32. The first-order valence-electron chi connectivity index (χ1n) is 8.36. The Morgan fingerprint density at radius 3 is 2.54 bits per heavy atom. The minimum absolute atomic E-state index is 0.0189. The molecule has 7 nitrogen and oxygen atoms in total. The summed E-state index contributed by atoms with van der Waals surface area (Å²) in [6, 6.07) is 7.46. The summed E-state index contributed by atoms with van der Waals surface area (Å²) in [4.78, 5) is 13.1. The Labute approximate surface area is 158 Å². The molecule has 0 radical (unpaired) electrons. The number of nitrogens with two attached hydrogens (primary N) is 1. The van der Waals surface area contributed by atoms with Gasteiger partial charge >= 0.3 is 0 Å². The molecule has 140 valence electrons. The van der Waals surface area contributed by atoms with Crippen LogP contribution in [0.15, 0.2) is 40.8 Å². The van der Waals surface area contributed by atoms with Gasteiger partial charge in [-0.2, -0.15) is 0 Å². The van der Waals surface area contributed by atoms with Crippen LogP contribution in [0.5, 0.6) is 0 Å². The molecule has 0 atom stereocenters. The van der Waals surface area contributed by atoms with Gasteiger partial charge in [-0.05, 0) is 11.1 Å². The first kappa shape index (κ1) is 18.7. The van der Waals surface area contributed by atoms with Gasteiger partial charge in [-0.25, -0.2) is 18.4 Å². The highest BCUT2D eigenvalue weighted by Crippen LogP contribution is 2.19. The van der Waals surface area contributed by atoms with Crippen molar-refractivity contribution in [1.82, 2.24) is 9.88 Å². The van der Waals surface area contributed by atoms with E-state index in [0.29, 0.717) is 12.5 Å². The van der Waals surface area contributed by atoms with E-state index in [1.165, 1.54) is 6.26 Å². The SMILES string of the molecule is CS(=O)(=O)Cc1ccccc1CN=C(N)N1CCN(c2nccs2)CC1. The van der Waals surface area contributed by atoms with E-state index in [-0.39, 0.29) is 5.75 Å².